The van der Waals surface area contributed by atoms with Crippen molar-refractivity contribution in [3.05, 3.63) is 129 Å². The van der Waals surface area contributed by atoms with Gasteiger partial charge < -0.3 is 8.83 Å². The lowest BCUT2D eigenvalue weighted by Gasteiger charge is -2.19. The van der Waals surface area contributed by atoms with Crippen LogP contribution in [-0.2, 0) is 10.8 Å². The normalized spacial score (nSPS) is 12.5. The smallest absolute Gasteiger partial charge is 0.345 e. The van der Waals surface area contributed by atoms with Crippen molar-refractivity contribution in [2.24, 2.45) is 0 Å². The van der Waals surface area contributed by atoms with Crippen LogP contribution in [0.1, 0.15) is 52.7 Å². The Balaban J connectivity index is 1.16. The average molecular weight is 667 g/mol. The first kappa shape index (κ1) is 30.5. The molecule has 4 aromatic heterocycles. The van der Waals surface area contributed by atoms with Crippen LogP contribution in [0.5, 0.6) is 0 Å². The summed E-state index contributed by atoms with van der Waals surface area (Å²) in [5, 5.41) is 6.19. The highest BCUT2D eigenvalue weighted by atomic mass is 32.1. The maximum absolute atomic E-state index is 13.2. The van der Waals surface area contributed by atoms with E-state index in [-0.39, 0.29) is 22.1 Å². The van der Waals surface area contributed by atoms with E-state index in [1.54, 1.807) is 22.7 Å². The fraction of sp³-hybridized carbons (Fsp3) is 0.190. The molecule has 8 rings (SSSR count). The molecule has 6 heteroatoms. The molecule has 4 heterocycles. The molecule has 238 valence electrons. The molecule has 0 aliphatic heterocycles. The summed E-state index contributed by atoms with van der Waals surface area (Å²) in [7, 11) is 0. The molecule has 0 amide bonds. The van der Waals surface area contributed by atoms with E-state index in [4.69, 9.17) is 8.83 Å². The second-order valence-electron chi connectivity index (χ2n) is 14.5. The van der Waals surface area contributed by atoms with Crippen LogP contribution >= 0.6 is 22.7 Å². The van der Waals surface area contributed by atoms with Crippen molar-refractivity contribution in [1.29, 1.82) is 0 Å². The summed E-state index contributed by atoms with van der Waals surface area (Å²) in [6, 6.07) is 32.8. The van der Waals surface area contributed by atoms with Gasteiger partial charge in [-0.15, -0.1) is 22.7 Å². The Hall–Kier alpha value is -4.78. The predicted molar refractivity (Wildman–Crippen MR) is 203 cm³/mol. The molecule has 0 bridgehead atoms. The third-order valence-electron chi connectivity index (χ3n) is 9.18. The van der Waals surface area contributed by atoms with Crippen molar-refractivity contribution in [3.8, 4) is 30.6 Å². The van der Waals surface area contributed by atoms with Crippen LogP contribution in [0.15, 0.2) is 115 Å². The summed E-state index contributed by atoms with van der Waals surface area (Å²) < 4.78 is 11.7. The van der Waals surface area contributed by atoms with E-state index in [1.807, 2.05) is 60.7 Å². The molecule has 0 unspecified atom stereocenters. The zero-order valence-corrected chi connectivity index (χ0v) is 29.3. The van der Waals surface area contributed by atoms with Gasteiger partial charge in [0.1, 0.15) is 11.2 Å². The third-order valence-corrected chi connectivity index (χ3v) is 11.6. The zero-order chi connectivity index (χ0) is 33.5. The molecule has 0 atom stereocenters. The van der Waals surface area contributed by atoms with Gasteiger partial charge in [0.2, 0.25) is 0 Å². The second kappa shape index (κ2) is 10.9. The molecule has 0 aliphatic rings. The van der Waals surface area contributed by atoms with Gasteiger partial charge in [0.15, 0.2) is 0 Å². The Kier molecular flexibility index (Phi) is 6.92. The average Bonchev–Trinajstić information content (AvgIpc) is 3.73. The van der Waals surface area contributed by atoms with Crippen LogP contribution in [0.4, 0.5) is 0 Å². The van der Waals surface area contributed by atoms with Crippen LogP contribution in [0.25, 0.3) is 74.1 Å². The fourth-order valence-corrected chi connectivity index (χ4v) is 8.48. The molecular weight excluding hydrogens is 633 g/mol. The highest BCUT2D eigenvalue weighted by molar-refractivity contribution is 7.25. The van der Waals surface area contributed by atoms with Gasteiger partial charge in [0.05, 0.1) is 11.1 Å². The molecule has 0 saturated carbocycles. The lowest BCUT2D eigenvalue weighted by atomic mass is 9.85. The number of benzene rings is 4. The van der Waals surface area contributed by atoms with Crippen LogP contribution in [0.2, 0.25) is 0 Å². The van der Waals surface area contributed by atoms with Crippen LogP contribution < -0.4 is 11.3 Å². The van der Waals surface area contributed by atoms with Crippen molar-refractivity contribution in [1.82, 2.24) is 0 Å². The van der Waals surface area contributed by atoms with E-state index in [0.717, 1.165) is 51.8 Å². The van der Waals surface area contributed by atoms with E-state index in [2.05, 4.69) is 77.9 Å². The van der Waals surface area contributed by atoms with Gasteiger partial charge in [0.25, 0.3) is 0 Å². The monoisotopic (exact) mass is 666 g/mol. The number of fused-ring (bicyclic) bond motifs is 6. The van der Waals surface area contributed by atoms with E-state index in [1.165, 1.54) is 11.1 Å². The van der Waals surface area contributed by atoms with Gasteiger partial charge in [-0.2, -0.15) is 0 Å². The third kappa shape index (κ3) is 5.20. The number of rotatable bonds is 3. The maximum Gasteiger partial charge on any atom is 0.345 e. The number of hydrogen-bond donors (Lipinski definition) is 0. The SMILES string of the molecule is CC(C)(C)c1ccc2c(ccc3oc(=O)c(-c4ccc(-c5ccc(-c6cc7c(ccc8cc(C(C)(C)C)ccc87)oc6=O)s5)s4)cc32)c1. The second-order valence-corrected chi connectivity index (χ2v) is 16.7. The molecule has 0 N–H and O–H groups in total. The summed E-state index contributed by atoms with van der Waals surface area (Å²) in [6.07, 6.45) is 0. The van der Waals surface area contributed by atoms with Crippen LogP contribution in [0.3, 0.4) is 0 Å². The molecule has 0 radical (unpaired) electrons. The topological polar surface area (TPSA) is 60.4 Å². The minimum absolute atomic E-state index is 0.0375. The van der Waals surface area contributed by atoms with Gasteiger partial charge in [-0.3, -0.25) is 0 Å². The largest absolute Gasteiger partial charge is 0.422 e. The number of thiophene rings is 2. The molecule has 0 fully saturated rings. The van der Waals surface area contributed by atoms with Gasteiger partial charge in [-0.05, 0) is 92.0 Å². The molecule has 4 nitrogen and oxygen atoms in total. The van der Waals surface area contributed by atoms with E-state index in [9.17, 15) is 9.59 Å². The molecule has 48 heavy (non-hydrogen) atoms. The minimum atomic E-state index is -0.357. The lowest BCUT2D eigenvalue weighted by Crippen LogP contribution is -2.10. The Morgan fingerprint density at radius 2 is 0.833 bits per heavy atom. The first-order valence-electron chi connectivity index (χ1n) is 16.1. The van der Waals surface area contributed by atoms with Crippen molar-refractivity contribution < 1.29 is 8.83 Å². The minimum Gasteiger partial charge on any atom is -0.422 e. The van der Waals surface area contributed by atoms with Crippen LogP contribution in [0, 0.1) is 0 Å². The Labute approximate surface area is 285 Å². The van der Waals surface area contributed by atoms with Gasteiger partial charge in [0, 0.05) is 30.3 Å². The summed E-state index contributed by atoms with van der Waals surface area (Å²) in [4.78, 5) is 30.1. The van der Waals surface area contributed by atoms with Gasteiger partial charge in [-0.1, -0.05) is 90.1 Å². The summed E-state index contributed by atoms with van der Waals surface area (Å²) in [6.45, 7) is 13.2. The summed E-state index contributed by atoms with van der Waals surface area (Å²) in [5.41, 5.74) is 4.12. The highest BCUT2D eigenvalue weighted by Gasteiger charge is 2.19. The Morgan fingerprint density at radius 3 is 1.23 bits per heavy atom. The highest BCUT2D eigenvalue weighted by Crippen LogP contribution is 2.41. The maximum atomic E-state index is 13.2. The lowest BCUT2D eigenvalue weighted by molar-refractivity contribution is 0.564. The molecule has 0 spiro atoms. The van der Waals surface area contributed by atoms with Crippen LogP contribution in [-0.4, -0.2) is 0 Å². The fourth-order valence-electron chi connectivity index (χ4n) is 6.37. The number of hydrogen-bond acceptors (Lipinski definition) is 6. The molecule has 4 aromatic carbocycles. The Morgan fingerprint density at radius 1 is 0.438 bits per heavy atom. The molecule has 0 saturated heterocycles. The standard InChI is InChI=1S/C42H34O4S2/c1-41(2,3)25-9-11-27-23(19-25)7-13-33-29(27)21-31(39(43)45-33)35-15-17-37(47-35)38-18-16-36(48-38)32-22-30-28-12-10-26(42(4,5)6)20-24(28)8-14-34(30)46-40(32)44/h7-22H,1-6H3. The molecule has 0 aliphatic carbocycles. The van der Waals surface area contributed by atoms with Gasteiger partial charge in [-0.25, -0.2) is 9.59 Å². The molecule has 8 aromatic rings. The predicted octanol–water partition coefficient (Wildman–Crippen LogP) is 11.9. The molecular formula is C42H34O4S2. The Bertz CT molecular complexity index is 2500. The van der Waals surface area contributed by atoms with Crippen molar-refractivity contribution >= 4 is 66.2 Å². The van der Waals surface area contributed by atoms with E-state index >= 15 is 0 Å². The van der Waals surface area contributed by atoms with Crippen molar-refractivity contribution in [2.45, 2.75) is 52.4 Å². The van der Waals surface area contributed by atoms with Gasteiger partial charge >= 0.3 is 11.3 Å². The summed E-state index contributed by atoms with van der Waals surface area (Å²) in [5.74, 6) is 0. The van der Waals surface area contributed by atoms with Crippen molar-refractivity contribution in [2.75, 3.05) is 0 Å². The zero-order valence-electron chi connectivity index (χ0n) is 27.7. The first-order valence-corrected chi connectivity index (χ1v) is 17.7. The first-order chi connectivity index (χ1) is 22.8. The van der Waals surface area contributed by atoms with Crippen molar-refractivity contribution in [3.63, 3.8) is 0 Å². The van der Waals surface area contributed by atoms with E-state index < -0.39 is 0 Å². The van der Waals surface area contributed by atoms with E-state index in [0.29, 0.717) is 22.3 Å². The summed E-state index contributed by atoms with van der Waals surface area (Å²) >= 11 is 3.08. The quantitative estimate of drug-likeness (QED) is 0.139.